The number of hydrogen-bond acceptors (Lipinski definition) is 2. The standard InChI is InChI=1S/C70H48N2/c1-5-13-63-49(9-1)37-53-41-59(29-33-67(53)63)71(60-30-34-68-54(42-60)38-50-10-2-6-14-64(50)68)57-25-21-47(22-26-57)45-17-19-46(20-18-45)48-23-27-58(28-24-48)72(61-31-35-69-55(43-61)39-51-11-3-7-15-65(51)69)62-32-36-70-56(44-62)40-52-12-4-8-16-66(52)70/h1-36,41-44H,37-40H2. The van der Waals surface area contributed by atoms with Crippen LogP contribution in [-0.4, -0.2) is 0 Å². The summed E-state index contributed by atoms with van der Waals surface area (Å²) in [7, 11) is 0. The van der Waals surface area contributed by atoms with Crippen molar-refractivity contribution in [3.63, 3.8) is 0 Å². The first kappa shape index (κ1) is 40.9. The second-order valence-corrected chi connectivity index (χ2v) is 20.0. The van der Waals surface area contributed by atoms with E-state index >= 15 is 0 Å². The summed E-state index contributed by atoms with van der Waals surface area (Å²) in [4.78, 5) is 4.88. The topological polar surface area (TPSA) is 6.48 Å². The minimum atomic E-state index is 0.959. The summed E-state index contributed by atoms with van der Waals surface area (Å²) in [6.07, 6.45) is 3.84. The second-order valence-electron chi connectivity index (χ2n) is 20.0. The normalized spacial score (nSPS) is 12.8. The van der Waals surface area contributed by atoms with E-state index in [0.717, 1.165) is 37.1 Å². The van der Waals surface area contributed by atoms with Gasteiger partial charge in [0.05, 0.1) is 0 Å². The summed E-state index contributed by atoms with van der Waals surface area (Å²) in [6, 6.07) is 90.9. The Bertz CT molecular complexity index is 3520. The molecule has 15 rings (SSSR count). The minimum Gasteiger partial charge on any atom is -0.310 e. The molecule has 0 saturated carbocycles. The van der Waals surface area contributed by atoms with E-state index in [0.29, 0.717) is 0 Å². The highest BCUT2D eigenvalue weighted by Gasteiger charge is 2.26. The average molecular weight is 917 g/mol. The van der Waals surface area contributed by atoms with Gasteiger partial charge in [-0.1, -0.05) is 170 Å². The molecule has 0 heterocycles. The molecule has 0 spiro atoms. The summed E-state index contributed by atoms with van der Waals surface area (Å²) >= 11 is 0. The van der Waals surface area contributed by atoms with Crippen molar-refractivity contribution >= 4 is 34.1 Å². The maximum atomic E-state index is 2.44. The van der Waals surface area contributed by atoms with Crippen molar-refractivity contribution in [2.75, 3.05) is 9.80 Å². The van der Waals surface area contributed by atoms with Gasteiger partial charge in [-0.3, -0.25) is 0 Å². The van der Waals surface area contributed by atoms with Gasteiger partial charge in [-0.25, -0.2) is 0 Å². The third-order valence-corrected chi connectivity index (χ3v) is 15.9. The van der Waals surface area contributed by atoms with Gasteiger partial charge in [0, 0.05) is 34.1 Å². The molecule has 0 amide bonds. The zero-order chi connectivity index (χ0) is 47.3. The zero-order valence-electron chi connectivity index (χ0n) is 39.8. The van der Waals surface area contributed by atoms with Gasteiger partial charge < -0.3 is 9.80 Å². The van der Waals surface area contributed by atoms with Crippen molar-refractivity contribution in [3.05, 3.63) is 287 Å². The van der Waals surface area contributed by atoms with E-state index in [-0.39, 0.29) is 0 Å². The summed E-state index contributed by atoms with van der Waals surface area (Å²) in [5, 5.41) is 0. The fourth-order valence-corrected chi connectivity index (χ4v) is 12.4. The van der Waals surface area contributed by atoms with Crippen molar-refractivity contribution in [1.82, 2.24) is 0 Å². The Kier molecular flexibility index (Phi) is 9.25. The number of anilines is 6. The molecule has 0 fully saturated rings. The van der Waals surface area contributed by atoms with Gasteiger partial charge in [-0.2, -0.15) is 0 Å². The predicted molar refractivity (Wildman–Crippen MR) is 300 cm³/mol. The molecule has 0 unspecified atom stereocenters. The molecular weight excluding hydrogens is 869 g/mol. The lowest BCUT2D eigenvalue weighted by Crippen LogP contribution is -2.10. The number of rotatable bonds is 8. The Balaban J connectivity index is 0.728. The van der Waals surface area contributed by atoms with Gasteiger partial charge in [0.15, 0.2) is 0 Å². The molecule has 4 aliphatic carbocycles. The Labute approximate surface area is 421 Å². The lowest BCUT2D eigenvalue weighted by Gasteiger charge is -2.27. The fourth-order valence-electron chi connectivity index (χ4n) is 12.4. The lowest BCUT2D eigenvalue weighted by molar-refractivity contribution is 1.22. The first-order valence-corrected chi connectivity index (χ1v) is 25.4. The van der Waals surface area contributed by atoms with Crippen molar-refractivity contribution in [1.29, 1.82) is 0 Å². The van der Waals surface area contributed by atoms with Crippen LogP contribution in [0.3, 0.4) is 0 Å². The molecule has 2 nitrogen and oxygen atoms in total. The lowest BCUT2D eigenvalue weighted by atomic mass is 9.99. The molecule has 338 valence electrons. The Morgan fingerprint density at radius 2 is 0.389 bits per heavy atom. The van der Waals surface area contributed by atoms with Gasteiger partial charge in [0.25, 0.3) is 0 Å². The highest BCUT2D eigenvalue weighted by atomic mass is 15.1. The van der Waals surface area contributed by atoms with Crippen LogP contribution in [-0.2, 0) is 25.7 Å². The van der Waals surface area contributed by atoms with E-state index in [9.17, 15) is 0 Å². The van der Waals surface area contributed by atoms with E-state index in [4.69, 9.17) is 0 Å². The monoisotopic (exact) mass is 916 g/mol. The number of fused-ring (bicyclic) bond motifs is 12. The van der Waals surface area contributed by atoms with Gasteiger partial charge in [0.2, 0.25) is 0 Å². The van der Waals surface area contributed by atoms with Crippen molar-refractivity contribution in [2.45, 2.75) is 25.7 Å². The number of benzene rings is 11. The molecule has 0 bridgehead atoms. The molecule has 0 radical (unpaired) electrons. The smallest absolute Gasteiger partial charge is 0.0464 e. The van der Waals surface area contributed by atoms with Crippen molar-refractivity contribution in [2.24, 2.45) is 0 Å². The Morgan fingerprint density at radius 1 is 0.181 bits per heavy atom. The highest BCUT2D eigenvalue weighted by Crippen LogP contribution is 2.47. The average Bonchev–Trinajstić information content (AvgIpc) is 4.21. The van der Waals surface area contributed by atoms with Crippen LogP contribution in [0.4, 0.5) is 34.1 Å². The first-order chi connectivity index (χ1) is 35.6. The van der Waals surface area contributed by atoms with Crippen LogP contribution in [0, 0.1) is 0 Å². The fraction of sp³-hybridized carbons (Fsp3) is 0.0571. The summed E-state index contributed by atoms with van der Waals surface area (Å²) in [6.45, 7) is 0. The van der Waals surface area contributed by atoms with E-state index in [2.05, 4.69) is 252 Å². The molecule has 0 N–H and O–H groups in total. The Hall–Kier alpha value is -8.98. The van der Waals surface area contributed by atoms with Crippen LogP contribution < -0.4 is 9.80 Å². The van der Waals surface area contributed by atoms with Crippen LogP contribution in [0.1, 0.15) is 44.5 Å². The molecule has 2 heteroatoms. The van der Waals surface area contributed by atoms with E-state index in [1.54, 1.807) is 0 Å². The summed E-state index contributed by atoms with van der Waals surface area (Å²) in [5.41, 5.74) is 33.7. The summed E-state index contributed by atoms with van der Waals surface area (Å²) in [5.74, 6) is 0. The van der Waals surface area contributed by atoms with E-state index < -0.39 is 0 Å². The summed E-state index contributed by atoms with van der Waals surface area (Å²) < 4.78 is 0. The quantitative estimate of drug-likeness (QED) is 0.150. The number of hydrogen-bond donors (Lipinski definition) is 0. The zero-order valence-corrected chi connectivity index (χ0v) is 39.8. The van der Waals surface area contributed by atoms with Gasteiger partial charge >= 0.3 is 0 Å². The Morgan fingerprint density at radius 3 is 0.653 bits per heavy atom. The maximum Gasteiger partial charge on any atom is 0.0464 e. The van der Waals surface area contributed by atoms with E-state index in [1.165, 1.54) is 134 Å². The van der Waals surface area contributed by atoms with Crippen LogP contribution in [0.25, 0.3) is 66.8 Å². The maximum absolute atomic E-state index is 2.44. The van der Waals surface area contributed by atoms with Crippen molar-refractivity contribution in [3.8, 4) is 66.8 Å². The van der Waals surface area contributed by atoms with Gasteiger partial charge in [0.1, 0.15) is 0 Å². The predicted octanol–water partition coefficient (Wildman–Crippen LogP) is 18.2. The molecule has 0 atom stereocenters. The van der Waals surface area contributed by atoms with Gasteiger partial charge in [-0.15, -0.1) is 0 Å². The second kappa shape index (κ2) is 16.3. The van der Waals surface area contributed by atoms with Gasteiger partial charge in [-0.05, 0) is 210 Å². The third kappa shape index (κ3) is 6.71. The van der Waals surface area contributed by atoms with Crippen LogP contribution in [0.5, 0.6) is 0 Å². The number of nitrogens with zero attached hydrogens (tertiary/aromatic N) is 2. The molecule has 4 aliphatic rings. The molecule has 11 aromatic rings. The molecule has 11 aromatic carbocycles. The molecular formula is C70H48N2. The van der Waals surface area contributed by atoms with E-state index in [1.807, 2.05) is 0 Å². The first-order valence-electron chi connectivity index (χ1n) is 25.4. The molecule has 0 aliphatic heterocycles. The van der Waals surface area contributed by atoms with Crippen LogP contribution >= 0.6 is 0 Å². The van der Waals surface area contributed by atoms with Crippen LogP contribution in [0.15, 0.2) is 243 Å². The third-order valence-electron chi connectivity index (χ3n) is 15.9. The molecule has 72 heavy (non-hydrogen) atoms. The SMILES string of the molecule is c1ccc2c(c1)Cc1cc(N(c3ccc(-c4ccc(-c5ccc(N(c6ccc7c(c6)Cc6ccccc6-7)c6ccc7c(c6)Cc6ccccc6-7)cc5)cc4)cc3)c3ccc4c(c3)Cc3ccccc3-4)ccc1-2. The minimum absolute atomic E-state index is 0.959. The van der Waals surface area contributed by atoms with Crippen molar-refractivity contribution < 1.29 is 0 Å². The highest BCUT2D eigenvalue weighted by molar-refractivity contribution is 5.89. The largest absolute Gasteiger partial charge is 0.310 e. The molecule has 0 aromatic heterocycles. The van der Waals surface area contributed by atoms with Crippen LogP contribution in [0.2, 0.25) is 0 Å². The molecule has 0 saturated heterocycles.